The second-order valence-electron chi connectivity index (χ2n) is 8.27. The fraction of sp³-hybridized carbons (Fsp3) is 0.375. The summed E-state index contributed by atoms with van der Waals surface area (Å²) in [6.07, 6.45) is 2.48. The first-order valence-corrected chi connectivity index (χ1v) is 10.6. The van der Waals surface area contributed by atoms with E-state index in [1.807, 2.05) is 30.3 Å². The molecule has 30 heavy (non-hydrogen) atoms. The van der Waals surface area contributed by atoms with Gasteiger partial charge in [0, 0.05) is 12.2 Å². The predicted molar refractivity (Wildman–Crippen MR) is 119 cm³/mol. The van der Waals surface area contributed by atoms with Crippen molar-refractivity contribution in [2.75, 3.05) is 18.4 Å². The van der Waals surface area contributed by atoms with E-state index in [9.17, 15) is 9.59 Å². The van der Waals surface area contributed by atoms with Gasteiger partial charge in [0.2, 0.25) is 5.91 Å². The topological polar surface area (TPSA) is 67.2 Å². The molecule has 1 fully saturated rings. The number of benzene rings is 2. The molecule has 3 aromatic rings. The van der Waals surface area contributed by atoms with Gasteiger partial charge in [0.25, 0.3) is 5.56 Å². The largest absolute Gasteiger partial charge is 0.325 e. The van der Waals surface area contributed by atoms with E-state index >= 15 is 0 Å². The highest BCUT2D eigenvalue weighted by Crippen LogP contribution is 2.19. The summed E-state index contributed by atoms with van der Waals surface area (Å²) in [7, 11) is 0. The highest BCUT2D eigenvalue weighted by molar-refractivity contribution is 5.91. The molecule has 0 atom stereocenters. The molecule has 0 radical (unpaired) electrons. The van der Waals surface area contributed by atoms with Crippen molar-refractivity contribution in [2.45, 2.75) is 39.8 Å². The first-order chi connectivity index (χ1) is 14.5. The minimum Gasteiger partial charge on any atom is -0.325 e. The van der Waals surface area contributed by atoms with Crippen LogP contribution in [0.4, 0.5) is 5.69 Å². The second kappa shape index (κ2) is 8.79. The maximum absolute atomic E-state index is 12.8. The van der Waals surface area contributed by atoms with Crippen molar-refractivity contribution in [1.82, 2.24) is 14.5 Å². The van der Waals surface area contributed by atoms with Gasteiger partial charge in [-0.1, -0.05) is 31.2 Å². The average molecular weight is 405 g/mol. The molecule has 4 rings (SSSR count). The fourth-order valence-electron chi connectivity index (χ4n) is 4.04. The summed E-state index contributed by atoms with van der Waals surface area (Å²) in [5.74, 6) is 1.10. The highest BCUT2D eigenvalue weighted by Gasteiger charge is 2.16. The summed E-state index contributed by atoms with van der Waals surface area (Å²) in [5.41, 5.74) is 2.39. The molecule has 0 unspecified atom stereocenters. The molecule has 6 nitrogen and oxygen atoms in total. The quantitative estimate of drug-likeness (QED) is 0.706. The molecule has 0 aliphatic carbocycles. The Morgan fingerprint density at radius 1 is 1.13 bits per heavy atom. The average Bonchev–Trinajstić information content (AvgIpc) is 2.73. The van der Waals surface area contributed by atoms with Crippen molar-refractivity contribution in [1.29, 1.82) is 0 Å². The van der Waals surface area contributed by atoms with Crippen LogP contribution in [0.2, 0.25) is 0 Å². The number of aromatic nitrogens is 2. The predicted octanol–water partition coefficient (Wildman–Crippen LogP) is 3.58. The Balaban J connectivity index is 1.45. The van der Waals surface area contributed by atoms with Crippen LogP contribution in [0.3, 0.4) is 0 Å². The lowest BCUT2D eigenvalue weighted by Crippen LogP contribution is -2.32. The minimum atomic E-state index is -0.235. The van der Waals surface area contributed by atoms with Gasteiger partial charge in [-0.3, -0.25) is 19.1 Å². The van der Waals surface area contributed by atoms with Gasteiger partial charge in [0.05, 0.1) is 10.9 Å². The van der Waals surface area contributed by atoms with Gasteiger partial charge in [0.15, 0.2) is 0 Å². The van der Waals surface area contributed by atoms with Crippen LogP contribution in [0.15, 0.2) is 53.3 Å². The first-order valence-electron chi connectivity index (χ1n) is 10.6. The van der Waals surface area contributed by atoms with E-state index in [0.717, 1.165) is 31.2 Å². The van der Waals surface area contributed by atoms with Crippen LogP contribution >= 0.6 is 0 Å². The van der Waals surface area contributed by atoms with E-state index < -0.39 is 0 Å². The van der Waals surface area contributed by atoms with Crippen LogP contribution in [0.5, 0.6) is 0 Å². The number of piperidine rings is 1. The molecule has 1 amide bonds. The Hall–Kier alpha value is -2.99. The smallest absolute Gasteiger partial charge is 0.261 e. The molecule has 0 bridgehead atoms. The molecular weight excluding hydrogens is 376 g/mol. The third-order valence-electron chi connectivity index (χ3n) is 5.85. The number of fused-ring (bicyclic) bond motifs is 1. The number of hydrogen-bond acceptors (Lipinski definition) is 4. The molecular formula is C24H28N4O2. The van der Waals surface area contributed by atoms with Crippen molar-refractivity contribution in [3.8, 4) is 0 Å². The fourth-order valence-corrected chi connectivity index (χ4v) is 4.04. The van der Waals surface area contributed by atoms with Gasteiger partial charge in [0.1, 0.15) is 12.4 Å². The summed E-state index contributed by atoms with van der Waals surface area (Å²) < 4.78 is 1.43. The number of nitrogens with zero attached hydrogens (tertiary/aromatic N) is 3. The van der Waals surface area contributed by atoms with Crippen LogP contribution in [-0.2, 0) is 17.9 Å². The molecule has 1 saturated heterocycles. The van der Waals surface area contributed by atoms with Crippen LogP contribution in [0.25, 0.3) is 10.9 Å². The minimum absolute atomic E-state index is 0.0588. The molecule has 2 heterocycles. The zero-order valence-electron chi connectivity index (χ0n) is 17.6. The van der Waals surface area contributed by atoms with Crippen molar-refractivity contribution in [2.24, 2.45) is 5.92 Å². The number of amides is 1. The number of likely N-dealkylation sites (tertiary alicyclic amines) is 1. The van der Waals surface area contributed by atoms with Crippen LogP contribution in [0.1, 0.15) is 31.2 Å². The Labute approximate surface area is 176 Å². The lowest BCUT2D eigenvalue weighted by molar-refractivity contribution is -0.116. The summed E-state index contributed by atoms with van der Waals surface area (Å²) in [6, 6.07) is 15.2. The number of hydrogen-bond donors (Lipinski definition) is 1. The maximum Gasteiger partial charge on any atom is 0.261 e. The number of carbonyl (C=O) groups excluding carboxylic acids is 1. The number of rotatable bonds is 5. The Morgan fingerprint density at radius 2 is 1.90 bits per heavy atom. The molecule has 1 aromatic heterocycles. The van der Waals surface area contributed by atoms with E-state index in [2.05, 4.69) is 28.2 Å². The van der Waals surface area contributed by atoms with E-state index in [1.165, 1.54) is 23.0 Å². The van der Waals surface area contributed by atoms with Crippen LogP contribution in [0, 0.1) is 12.8 Å². The van der Waals surface area contributed by atoms with Crippen LogP contribution < -0.4 is 10.9 Å². The molecule has 1 aliphatic heterocycles. The first kappa shape index (κ1) is 20.3. The van der Waals surface area contributed by atoms with Gasteiger partial charge < -0.3 is 5.32 Å². The van der Waals surface area contributed by atoms with E-state index in [0.29, 0.717) is 16.7 Å². The van der Waals surface area contributed by atoms with Crippen LogP contribution in [-0.4, -0.2) is 33.4 Å². The lowest BCUT2D eigenvalue weighted by atomic mass is 9.99. The van der Waals surface area contributed by atoms with E-state index in [4.69, 9.17) is 0 Å². The Bertz CT molecular complexity index is 1110. The molecule has 0 spiro atoms. The summed E-state index contributed by atoms with van der Waals surface area (Å²) in [6.45, 7) is 7.14. The molecule has 0 saturated carbocycles. The van der Waals surface area contributed by atoms with Gasteiger partial charge in [-0.15, -0.1) is 0 Å². The van der Waals surface area contributed by atoms with Gasteiger partial charge in [-0.05, 0) is 68.6 Å². The molecule has 1 aliphatic rings. The zero-order valence-corrected chi connectivity index (χ0v) is 17.6. The van der Waals surface area contributed by atoms with Crippen molar-refractivity contribution in [3.05, 3.63) is 70.3 Å². The molecule has 1 N–H and O–H groups in total. The number of carbonyl (C=O) groups is 1. The van der Waals surface area contributed by atoms with Gasteiger partial charge >= 0.3 is 0 Å². The van der Waals surface area contributed by atoms with Gasteiger partial charge in [-0.25, -0.2) is 4.98 Å². The normalized spacial score (nSPS) is 15.4. The SMILES string of the molecule is Cc1nc2ccccc2c(=O)n1CC(=O)Nc1cccc(CN2CCC(C)CC2)c1. The summed E-state index contributed by atoms with van der Waals surface area (Å²) in [4.78, 5) is 32.3. The molecule has 6 heteroatoms. The Morgan fingerprint density at radius 3 is 2.70 bits per heavy atom. The highest BCUT2D eigenvalue weighted by atomic mass is 16.2. The second-order valence-corrected chi connectivity index (χ2v) is 8.27. The zero-order chi connectivity index (χ0) is 21.1. The molecule has 2 aromatic carbocycles. The summed E-state index contributed by atoms with van der Waals surface area (Å²) >= 11 is 0. The van der Waals surface area contributed by atoms with Crippen molar-refractivity contribution >= 4 is 22.5 Å². The third-order valence-corrected chi connectivity index (χ3v) is 5.85. The maximum atomic E-state index is 12.8. The monoisotopic (exact) mass is 404 g/mol. The van der Waals surface area contributed by atoms with Gasteiger partial charge in [-0.2, -0.15) is 0 Å². The number of nitrogens with one attached hydrogen (secondary N) is 1. The number of aryl methyl sites for hydroxylation is 1. The third kappa shape index (κ3) is 4.60. The van der Waals surface area contributed by atoms with E-state index in [1.54, 1.807) is 19.1 Å². The Kier molecular flexibility index (Phi) is 5.95. The summed E-state index contributed by atoms with van der Waals surface area (Å²) in [5, 5.41) is 3.45. The number of para-hydroxylation sites is 1. The van der Waals surface area contributed by atoms with E-state index in [-0.39, 0.29) is 18.0 Å². The number of anilines is 1. The van der Waals surface area contributed by atoms with Crippen molar-refractivity contribution < 1.29 is 4.79 Å². The standard InChI is InChI=1S/C24H28N4O2/c1-17-10-12-27(13-11-17)15-19-6-5-7-20(14-19)26-23(29)16-28-18(2)25-22-9-4-3-8-21(22)24(28)30/h3-9,14,17H,10-13,15-16H2,1-2H3,(H,26,29). The lowest BCUT2D eigenvalue weighted by Gasteiger charge is -2.30. The molecule has 156 valence electrons. The van der Waals surface area contributed by atoms with Crippen molar-refractivity contribution in [3.63, 3.8) is 0 Å².